The van der Waals surface area contributed by atoms with Crippen molar-refractivity contribution in [3.05, 3.63) is 55.1 Å². The number of rotatable bonds is 9. The number of carbonyl (C=O) groups is 2. The highest BCUT2D eigenvalue weighted by Gasteiger charge is 2.19. The number of amides is 1. The van der Waals surface area contributed by atoms with Crippen molar-refractivity contribution < 1.29 is 22.7 Å². The van der Waals surface area contributed by atoms with Crippen molar-refractivity contribution >= 4 is 21.9 Å². The second kappa shape index (κ2) is 8.99. The molecule has 0 bridgehead atoms. The minimum atomic E-state index is -3.66. The Morgan fingerprint density at radius 1 is 1.17 bits per heavy atom. The molecular formula is C16H20N2O5S. The molecule has 130 valence electrons. The maximum absolute atomic E-state index is 12.0. The molecule has 2 N–H and O–H groups in total. The third-order valence-electron chi connectivity index (χ3n) is 2.89. The third-order valence-corrected chi connectivity index (χ3v) is 4.33. The van der Waals surface area contributed by atoms with Gasteiger partial charge in [-0.25, -0.2) is 17.9 Å². The molecule has 0 heterocycles. The van der Waals surface area contributed by atoms with Crippen LogP contribution in [0.3, 0.4) is 0 Å². The Morgan fingerprint density at radius 2 is 1.75 bits per heavy atom. The average Bonchev–Trinajstić information content (AvgIpc) is 2.57. The Labute approximate surface area is 141 Å². The van der Waals surface area contributed by atoms with Gasteiger partial charge in [0.2, 0.25) is 10.0 Å². The highest BCUT2D eigenvalue weighted by molar-refractivity contribution is 7.89. The molecule has 24 heavy (non-hydrogen) atoms. The van der Waals surface area contributed by atoms with E-state index in [-0.39, 0.29) is 23.5 Å². The minimum absolute atomic E-state index is 0.0117. The van der Waals surface area contributed by atoms with Gasteiger partial charge in [-0.2, -0.15) is 0 Å². The molecule has 0 aliphatic carbocycles. The molecule has 0 spiro atoms. The van der Waals surface area contributed by atoms with Crippen LogP contribution in [-0.4, -0.2) is 39.5 Å². The molecule has 0 aliphatic heterocycles. The van der Waals surface area contributed by atoms with Gasteiger partial charge in [-0.1, -0.05) is 12.2 Å². The van der Waals surface area contributed by atoms with Crippen LogP contribution in [-0.2, 0) is 19.6 Å². The topological polar surface area (TPSA) is 102 Å². The quantitative estimate of drug-likeness (QED) is 0.510. The van der Waals surface area contributed by atoms with Crippen LogP contribution in [0, 0.1) is 0 Å². The van der Waals surface area contributed by atoms with Gasteiger partial charge in [0.25, 0.3) is 5.91 Å². The van der Waals surface area contributed by atoms with Gasteiger partial charge in [-0.05, 0) is 31.2 Å². The lowest BCUT2D eigenvalue weighted by atomic mass is 10.2. The van der Waals surface area contributed by atoms with Gasteiger partial charge in [0, 0.05) is 13.1 Å². The summed E-state index contributed by atoms with van der Waals surface area (Å²) in [4.78, 5) is 23.6. The molecule has 1 amide bonds. The van der Waals surface area contributed by atoms with Gasteiger partial charge in [0.15, 0.2) is 6.10 Å². The van der Waals surface area contributed by atoms with Crippen LogP contribution >= 0.6 is 0 Å². The molecule has 0 aliphatic rings. The number of hydrogen-bond acceptors (Lipinski definition) is 5. The summed E-state index contributed by atoms with van der Waals surface area (Å²) in [7, 11) is -3.66. The van der Waals surface area contributed by atoms with E-state index in [1.54, 1.807) is 0 Å². The fourth-order valence-electron chi connectivity index (χ4n) is 1.62. The standard InChI is InChI=1S/C16H20N2O5S/c1-4-10-17-15(19)12(3)23-16(20)13-6-8-14(9-7-13)24(21,22)18-11-5-2/h4-9,12,18H,1-2,10-11H2,3H3,(H,17,19)/t12-/m0/s1. The Balaban J connectivity index is 2.75. The van der Waals surface area contributed by atoms with Crippen molar-refractivity contribution in [3.8, 4) is 0 Å². The van der Waals surface area contributed by atoms with Crippen molar-refractivity contribution in [1.29, 1.82) is 0 Å². The lowest BCUT2D eigenvalue weighted by Gasteiger charge is -2.13. The van der Waals surface area contributed by atoms with Crippen LogP contribution in [0.4, 0.5) is 0 Å². The van der Waals surface area contributed by atoms with Gasteiger partial charge in [-0.15, -0.1) is 13.2 Å². The fraction of sp³-hybridized carbons (Fsp3) is 0.250. The van der Waals surface area contributed by atoms with Crippen molar-refractivity contribution in [1.82, 2.24) is 10.0 Å². The van der Waals surface area contributed by atoms with Crippen LogP contribution < -0.4 is 10.0 Å². The van der Waals surface area contributed by atoms with E-state index in [9.17, 15) is 18.0 Å². The molecule has 1 rings (SSSR count). The van der Waals surface area contributed by atoms with Gasteiger partial charge >= 0.3 is 5.97 Å². The Bertz CT molecular complexity index is 710. The van der Waals surface area contributed by atoms with E-state index in [1.807, 2.05) is 0 Å². The summed E-state index contributed by atoms with van der Waals surface area (Å²) >= 11 is 0. The number of nitrogens with one attached hydrogen (secondary N) is 2. The van der Waals surface area contributed by atoms with E-state index in [0.29, 0.717) is 0 Å². The van der Waals surface area contributed by atoms with E-state index < -0.39 is 28.0 Å². The Morgan fingerprint density at radius 3 is 2.29 bits per heavy atom. The SMILES string of the molecule is C=CCNC(=O)[C@H](C)OC(=O)c1ccc(S(=O)(=O)NCC=C)cc1. The molecule has 1 aromatic carbocycles. The summed E-state index contributed by atoms with van der Waals surface area (Å²) in [5.74, 6) is -1.17. The highest BCUT2D eigenvalue weighted by Crippen LogP contribution is 2.12. The lowest BCUT2D eigenvalue weighted by Crippen LogP contribution is -2.35. The molecular weight excluding hydrogens is 332 g/mol. The number of hydrogen-bond donors (Lipinski definition) is 2. The first-order valence-electron chi connectivity index (χ1n) is 7.12. The maximum atomic E-state index is 12.0. The zero-order valence-electron chi connectivity index (χ0n) is 13.3. The van der Waals surface area contributed by atoms with Crippen molar-refractivity contribution in [2.45, 2.75) is 17.9 Å². The van der Waals surface area contributed by atoms with Crippen molar-refractivity contribution in [2.75, 3.05) is 13.1 Å². The fourth-order valence-corrected chi connectivity index (χ4v) is 2.62. The van der Waals surface area contributed by atoms with Gasteiger partial charge < -0.3 is 10.1 Å². The van der Waals surface area contributed by atoms with Crippen LogP contribution in [0.1, 0.15) is 17.3 Å². The summed E-state index contributed by atoms with van der Waals surface area (Å²) < 4.78 is 31.1. The van der Waals surface area contributed by atoms with E-state index in [4.69, 9.17) is 4.74 Å². The number of ether oxygens (including phenoxy) is 1. The largest absolute Gasteiger partial charge is 0.449 e. The Hall–Kier alpha value is -2.45. The molecule has 8 heteroatoms. The molecule has 0 saturated carbocycles. The molecule has 1 aromatic rings. The molecule has 7 nitrogen and oxygen atoms in total. The monoisotopic (exact) mass is 352 g/mol. The highest BCUT2D eigenvalue weighted by atomic mass is 32.2. The first-order chi connectivity index (χ1) is 11.3. The summed E-state index contributed by atoms with van der Waals surface area (Å²) in [6.07, 6.45) is 1.95. The van der Waals surface area contributed by atoms with Gasteiger partial charge in [-0.3, -0.25) is 4.79 Å². The molecule has 0 aromatic heterocycles. The van der Waals surface area contributed by atoms with Crippen molar-refractivity contribution in [3.63, 3.8) is 0 Å². The van der Waals surface area contributed by atoms with Crippen LogP contribution in [0.25, 0.3) is 0 Å². The normalized spacial score (nSPS) is 12.0. The zero-order chi connectivity index (χ0) is 18.2. The zero-order valence-corrected chi connectivity index (χ0v) is 14.1. The summed E-state index contributed by atoms with van der Waals surface area (Å²) in [5.41, 5.74) is 0.140. The molecule has 0 saturated heterocycles. The predicted molar refractivity (Wildman–Crippen MR) is 89.9 cm³/mol. The van der Waals surface area contributed by atoms with Crippen LogP contribution in [0.15, 0.2) is 54.5 Å². The number of benzene rings is 1. The third kappa shape index (κ3) is 5.64. The molecule has 1 atom stereocenters. The smallest absolute Gasteiger partial charge is 0.338 e. The maximum Gasteiger partial charge on any atom is 0.338 e. The van der Waals surface area contributed by atoms with Crippen LogP contribution in [0.5, 0.6) is 0 Å². The lowest BCUT2D eigenvalue weighted by molar-refractivity contribution is -0.128. The van der Waals surface area contributed by atoms with E-state index in [0.717, 1.165) is 0 Å². The number of carbonyl (C=O) groups excluding carboxylic acids is 2. The minimum Gasteiger partial charge on any atom is -0.449 e. The number of sulfonamides is 1. The second-order valence-corrected chi connectivity index (χ2v) is 6.51. The first-order valence-corrected chi connectivity index (χ1v) is 8.60. The second-order valence-electron chi connectivity index (χ2n) is 4.75. The van der Waals surface area contributed by atoms with Gasteiger partial charge in [0.1, 0.15) is 0 Å². The first kappa shape index (κ1) is 19.6. The summed E-state index contributed by atoms with van der Waals surface area (Å²) in [5, 5.41) is 2.51. The summed E-state index contributed by atoms with van der Waals surface area (Å²) in [6, 6.07) is 5.20. The van der Waals surface area contributed by atoms with Gasteiger partial charge in [0.05, 0.1) is 10.5 Å². The average molecular weight is 352 g/mol. The van der Waals surface area contributed by atoms with E-state index >= 15 is 0 Å². The van der Waals surface area contributed by atoms with Crippen molar-refractivity contribution in [2.24, 2.45) is 0 Å². The molecule has 0 fully saturated rings. The van der Waals surface area contributed by atoms with E-state index in [1.165, 1.54) is 43.3 Å². The van der Waals surface area contributed by atoms with Crippen LogP contribution in [0.2, 0.25) is 0 Å². The molecule has 0 unspecified atom stereocenters. The molecule has 0 radical (unpaired) electrons. The van der Waals surface area contributed by atoms with E-state index in [2.05, 4.69) is 23.2 Å². The Kier molecular flexibility index (Phi) is 7.34. The number of esters is 1. The predicted octanol–water partition coefficient (Wildman–Crippen LogP) is 0.998. The summed E-state index contributed by atoms with van der Waals surface area (Å²) in [6.45, 7) is 8.70.